The summed E-state index contributed by atoms with van der Waals surface area (Å²) < 4.78 is 10.8. The van der Waals surface area contributed by atoms with Crippen molar-refractivity contribution >= 4 is 35.2 Å². The second-order valence-corrected chi connectivity index (χ2v) is 12.0. The molecule has 1 heterocycles. The van der Waals surface area contributed by atoms with Gasteiger partial charge in [-0.25, -0.2) is 0 Å². The molecular weight excluding hydrogens is 594 g/mol. The number of hydrogen-bond acceptors (Lipinski definition) is 7. The predicted octanol–water partition coefficient (Wildman–Crippen LogP) is 4.89. The average Bonchev–Trinajstić information content (AvgIpc) is 3.11. The van der Waals surface area contributed by atoms with E-state index in [1.54, 1.807) is 66.6 Å². The fourth-order valence-electron chi connectivity index (χ4n) is 6.07. The van der Waals surface area contributed by atoms with Gasteiger partial charge in [0.2, 0.25) is 11.8 Å². The van der Waals surface area contributed by atoms with E-state index in [9.17, 15) is 14.4 Å². The van der Waals surface area contributed by atoms with Crippen LogP contribution in [-0.2, 0) is 14.3 Å². The Kier molecular flexibility index (Phi) is 12.0. The Morgan fingerprint density at radius 1 is 0.979 bits per heavy atom. The Labute approximate surface area is 276 Å². The SMILES string of the molecule is COc1ccc(C(=O)N(CCN2CCOCC2)C(C(=O)NC2CCCCC2)c2ccc(/C=C/C(=O)Nc3ccccc3N)cc2)cc1. The van der Waals surface area contributed by atoms with Crippen molar-refractivity contribution < 1.29 is 23.9 Å². The van der Waals surface area contributed by atoms with Crippen LogP contribution >= 0.6 is 0 Å². The molecule has 1 saturated carbocycles. The van der Waals surface area contributed by atoms with Crippen LogP contribution in [0.3, 0.4) is 0 Å². The molecule has 0 spiro atoms. The fraction of sp³-hybridized carbons (Fsp3) is 0.378. The highest BCUT2D eigenvalue weighted by atomic mass is 16.5. The van der Waals surface area contributed by atoms with Gasteiger partial charge in [-0.1, -0.05) is 55.7 Å². The van der Waals surface area contributed by atoms with E-state index in [1.165, 1.54) is 12.5 Å². The van der Waals surface area contributed by atoms with Crippen molar-refractivity contribution in [3.05, 3.63) is 95.6 Å². The molecule has 1 aliphatic heterocycles. The van der Waals surface area contributed by atoms with E-state index >= 15 is 0 Å². The molecule has 3 aromatic rings. The van der Waals surface area contributed by atoms with Crippen LogP contribution in [-0.4, -0.2) is 80.1 Å². The van der Waals surface area contributed by atoms with Gasteiger partial charge in [0.15, 0.2) is 0 Å². The maximum Gasteiger partial charge on any atom is 0.254 e. The maximum atomic E-state index is 14.2. The van der Waals surface area contributed by atoms with Gasteiger partial charge in [-0.3, -0.25) is 19.3 Å². The molecule has 0 radical (unpaired) electrons. The predicted molar refractivity (Wildman–Crippen MR) is 184 cm³/mol. The molecule has 10 heteroatoms. The number of nitrogens with zero attached hydrogens (tertiary/aromatic N) is 2. The lowest BCUT2D eigenvalue weighted by Crippen LogP contribution is -2.50. The normalized spacial score (nSPS) is 16.4. The molecular formula is C37H45N5O5. The zero-order valence-electron chi connectivity index (χ0n) is 27.0. The molecule has 47 heavy (non-hydrogen) atoms. The lowest BCUT2D eigenvalue weighted by molar-refractivity contribution is -0.127. The number of hydrogen-bond donors (Lipinski definition) is 3. The number of carbonyl (C=O) groups is 3. The number of methoxy groups -OCH3 is 1. The van der Waals surface area contributed by atoms with Crippen molar-refractivity contribution in [2.45, 2.75) is 44.2 Å². The Bertz CT molecular complexity index is 1510. The minimum Gasteiger partial charge on any atom is -0.497 e. The molecule has 10 nitrogen and oxygen atoms in total. The van der Waals surface area contributed by atoms with Gasteiger partial charge in [-0.05, 0) is 66.4 Å². The monoisotopic (exact) mass is 639 g/mol. The molecule has 1 atom stereocenters. The van der Waals surface area contributed by atoms with E-state index in [2.05, 4.69) is 15.5 Å². The first-order valence-corrected chi connectivity index (χ1v) is 16.4. The molecule has 2 fully saturated rings. The molecule has 4 N–H and O–H groups in total. The van der Waals surface area contributed by atoms with Crippen LogP contribution in [0.1, 0.15) is 59.6 Å². The standard InChI is InChI=1S/C37H45N5O5/c1-46-31-18-16-29(17-19-31)37(45)42(22-21-41-23-25-47-26-24-41)35(36(44)39-30-7-3-2-4-8-30)28-14-11-27(12-15-28)13-20-34(43)40-33-10-6-5-9-32(33)38/h5-6,9-20,30,35H,2-4,7-8,21-26,38H2,1H3,(H,39,44)(H,40,43)/b20-13+. The van der Waals surface area contributed by atoms with Crippen molar-refractivity contribution in [2.75, 3.05) is 57.6 Å². The molecule has 3 amide bonds. The number of para-hydroxylation sites is 2. The number of nitrogens with one attached hydrogen (secondary N) is 2. The number of ether oxygens (including phenoxy) is 2. The molecule has 0 aromatic heterocycles. The summed E-state index contributed by atoms with van der Waals surface area (Å²) in [7, 11) is 1.58. The summed E-state index contributed by atoms with van der Waals surface area (Å²) in [5, 5.41) is 6.07. The van der Waals surface area contributed by atoms with Gasteiger partial charge in [-0.15, -0.1) is 0 Å². The Hall–Kier alpha value is -4.67. The highest BCUT2D eigenvalue weighted by molar-refractivity contribution is 6.03. The van der Waals surface area contributed by atoms with Crippen molar-refractivity contribution in [3.8, 4) is 5.75 Å². The Morgan fingerprint density at radius 2 is 1.68 bits per heavy atom. The number of morpholine rings is 1. The first-order valence-electron chi connectivity index (χ1n) is 16.4. The van der Waals surface area contributed by atoms with Gasteiger partial charge in [0.25, 0.3) is 5.91 Å². The second kappa shape index (κ2) is 16.8. The number of nitrogen functional groups attached to an aromatic ring is 1. The van der Waals surface area contributed by atoms with E-state index in [0.29, 0.717) is 54.6 Å². The second-order valence-electron chi connectivity index (χ2n) is 12.0. The molecule has 0 bridgehead atoms. The summed E-state index contributed by atoms with van der Waals surface area (Å²) in [6.45, 7) is 3.80. The summed E-state index contributed by atoms with van der Waals surface area (Å²) in [6, 6.07) is 20.7. The molecule has 5 rings (SSSR count). The van der Waals surface area contributed by atoms with Gasteiger partial charge in [0, 0.05) is 43.9 Å². The van der Waals surface area contributed by atoms with Crippen LogP contribution in [0.5, 0.6) is 5.75 Å². The van der Waals surface area contributed by atoms with Crippen LogP contribution in [0.25, 0.3) is 6.08 Å². The van der Waals surface area contributed by atoms with Crippen LogP contribution < -0.4 is 21.1 Å². The molecule has 248 valence electrons. The highest BCUT2D eigenvalue weighted by Crippen LogP contribution is 2.27. The third kappa shape index (κ3) is 9.43. The highest BCUT2D eigenvalue weighted by Gasteiger charge is 2.34. The first-order chi connectivity index (χ1) is 22.9. The minimum absolute atomic E-state index is 0.0790. The van der Waals surface area contributed by atoms with Crippen LogP contribution in [0.15, 0.2) is 78.9 Å². The van der Waals surface area contributed by atoms with E-state index in [0.717, 1.165) is 44.3 Å². The number of benzene rings is 3. The van der Waals surface area contributed by atoms with Gasteiger partial charge < -0.3 is 30.7 Å². The van der Waals surface area contributed by atoms with Crippen molar-refractivity contribution in [1.29, 1.82) is 0 Å². The quantitative estimate of drug-likeness (QED) is 0.190. The molecule has 1 aliphatic carbocycles. The minimum atomic E-state index is -0.852. The Balaban J connectivity index is 1.41. The van der Waals surface area contributed by atoms with Crippen LogP contribution in [0.2, 0.25) is 0 Å². The molecule has 3 aromatic carbocycles. The van der Waals surface area contributed by atoms with Crippen molar-refractivity contribution in [2.24, 2.45) is 0 Å². The van der Waals surface area contributed by atoms with E-state index < -0.39 is 6.04 Å². The van der Waals surface area contributed by atoms with Gasteiger partial charge in [0.05, 0.1) is 31.7 Å². The van der Waals surface area contributed by atoms with Crippen LogP contribution in [0, 0.1) is 0 Å². The lowest BCUT2D eigenvalue weighted by atomic mass is 9.94. The summed E-state index contributed by atoms with van der Waals surface area (Å²) in [6.07, 6.45) is 8.32. The van der Waals surface area contributed by atoms with Crippen molar-refractivity contribution in [3.63, 3.8) is 0 Å². The third-order valence-corrected chi connectivity index (χ3v) is 8.77. The zero-order chi connectivity index (χ0) is 33.0. The fourth-order valence-corrected chi connectivity index (χ4v) is 6.07. The van der Waals surface area contributed by atoms with Gasteiger partial charge >= 0.3 is 0 Å². The molecule has 2 aliphatic rings. The summed E-state index contributed by atoms with van der Waals surface area (Å²) in [4.78, 5) is 45.0. The average molecular weight is 640 g/mol. The number of carbonyl (C=O) groups excluding carboxylic acids is 3. The van der Waals surface area contributed by atoms with Gasteiger partial charge in [0.1, 0.15) is 11.8 Å². The van der Waals surface area contributed by atoms with Crippen LogP contribution in [0.4, 0.5) is 11.4 Å². The first kappa shape index (κ1) is 33.7. The van der Waals surface area contributed by atoms with E-state index in [-0.39, 0.29) is 23.8 Å². The molecule has 1 unspecified atom stereocenters. The largest absolute Gasteiger partial charge is 0.497 e. The van der Waals surface area contributed by atoms with E-state index in [4.69, 9.17) is 15.2 Å². The number of rotatable bonds is 12. The number of amides is 3. The van der Waals surface area contributed by atoms with E-state index in [1.807, 2.05) is 24.3 Å². The summed E-state index contributed by atoms with van der Waals surface area (Å²) in [5.41, 5.74) is 8.93. The summed E-state index contributed by atoms with van der Waals surface area (Å²) in [5.74, 6) is -0.0805. The smallest absolute Gasteiger partial charge is 0.254 e. The zero-order valence-corrected chi connectivity index (χ0v) is 27.0. The Morgan fingerprint density at radius 3 is 2.36 bits per heavy atom. The maximum absolute atomic E-state index is 14.2. The third-order valence-electron chi connectivity index (χ3n) is 8.77. The topological polar surface area (TPSA) is 126 Å². The van der Waals surface area contributed by atoms with Gasteiger partial charge in [-0.2, -0.15) is 0 Å². The summed E-state index contributed by atoms with van der Waals surface area (Å²) >= 11 is 0. The number of nitrogens with two attached hydrogens (primary N) is 1. The molecule has 1 saturated heterocycles. The lowest BCUT2D eigenvalue weighted by Gasteiger charge is -2.35. The number of anilines is 2. The van der Waals surface area contributed by atoms with Crippen molar-refractivity contribution in [1.82, 2.24) is 15.1 Å².